The lowest BCUT2D eigenvalue weighted by molar-refractivity contribution is -0.128. The molecule has 1 rings (SSSR count). The molecule has 0 aromatic rings. The number of carbonyl (C=O) groups is 1. The molecule has 3 atom stereocenters. The number of rotatable bonds is 4. The van der Waals surface area contributed by atoms with Gasteiger partial charge in [0.1, 0.15) is 6.61 Å². The summed E-state index contributed by atoms with van der Waals surface area (Å²) in [7, 11) is 0. The second-order valence-electron chi connectivity index (χ2n) is 4.96. The van der Waals surface area contributed by atoms with E-state index in [1.807, 2.05) is 13.8 Å². The SMILES string of the molecule is CC(C)OCC(=O)NC1C(C)CCNC1C. The monoisotopic (exact) mass is 228 g/mol. The van der Waals surface area contributed by atoms with E-state index in [9.17, 15) is 4.79 Å². The second kappa shape index (κ2) is 6.21. The normalized spacial score (nSPS) is 30.4. The van der Waals surface area contributed by atoms with Crippen molar-refractivity contribution in [3.8, 4) is 0 Å². The van der Waals surface area contributed by atoms with E-state index in [1.54, 1.807) is 0 Å². The number of nitrogens with one attached hydrogen (secondary N) is 2. The maximum atomic E-state index is 11.6. The standard InChI is InChI=1S/C12H24N2O2/c1-8(2)16-7-11(15)14-12-9(3)5-6-13-10(12)4/h8-10,12-13H,5-7H2,1-4H3,(H,14,15). The summed E-state index contributed by atoms with van der Waals surface area (Å²) < 4.78 is 5.28. The van der Waals surface area contributed by atoms with Crippen molar-refractivity contribution in [1.82, 2.24) is 10.6 Å². The molecule has 0 spiro atoms. The Kier molecular flexibility index (Phi) is 5.22. The minimum atomic E-state index is -0.0129. The van der Waals surface area contributed by atoms with E-state index in [1.165, 1.54) is 0 Å². The highest BCUT2D eigenvalue weighted by Gasteiger charge is 2.28. The first-order valence-corrected chi connectivity index (χ1v) is 6.15. The molecule has 4 nitrogen and oxygen atoms in total. The van der Waals surface area contributed by atoms with Crippen molar-refractivity contribution in [3.63, 3.8) is 0 Å². The van der Waals surface area contributed by atoms with Crippen LogP contribution in [0.15, 0.2) is 0 Å². The zero-order valence-corrected chi connectivity index (χ0v) is 10.7. The smallest absolute Gasteiger partial charge is 0.246 e. The van der Waals surface area contributed by atoms with Crippen molar-refractivity contribution in [2.45, 2.75) is 52.3 Å². The van der Waals surface area contributed by atoms with Crippen LogP contribution in [0.4, 0.5) is 0 Å². The van der Waals surface area contributed by atoms with Gasteiger partial charge in [-0.05, 0) is 39.7 Å². The van der Waals surface area contributed by atoms with E-state index in [2.05, 4.69) is 24.5 Å². The molecule has 4 heteroatoms. The molecular weight excluding hydrogens is 204 g/mol. The highest BCUT2D eigenvalue weighted by Crippen LogP contribution is 2.15. The van der Waals surface area contributed by atoms with Crippen molar-refractivity contribution in [1.29, 1.82) is 0 Å². The number of piperidine rings is 1. The number of hydrogen-bond donors (Lipinski definition) is 2. The fourth-order valence-electron chi connectivity index (χ4n) is 2.08. The molecule has 1 fully saturated rings. The zero-order valence-electron chi connectivity index (χ0n) is 10.7. The summed E-state index contributed by atoms with van der Waals surface area (Å²) in [5.41, 5.74) is 0. The van der Waals surface area contributed by atoms with Gasteiger partial charge in [-0.1, -0.05) is 6.92 Å². The van der Waals surface area contributed by atoms with Gasteiger partial charge in [0.2, 0.25) is 5.91 Å². The average molecular weight is 228 g/mol. The minimum Gasteiger partial charge on any atom is -0.369 e. The van der Waals surface area contributed by atoms with Crippen LogP contribution < -0.4 is 10.6 Å². The number of ether oxygens (including phenoxy) is 1. The molecule has 0 aromatic carbocycles. The Hall–Kier alpha value is -0.610. The maximum absolute atomic E-state index is 11.6. The van der Waals surface area contributed by atoms with Crippen LogP contribution in [0, 0.1) is 5.92 Å². The van der Waals surface area contributed by atoms with Gasteiger partial charge in [0.05, 0.1) is 6.10 Å². The summed E-state index contributed by atoms with van der Waals surface area (Å²) >= 11 is 0. The number of hydrogen-bond acceptors (Lipinski definition) is 3. The lowest BCUT2D eigenvalue weighted by atomic mass is 9.89. The van der Waals surface area contributed by atoms with E-state index in [0.717, 1.165) is 13.0 Å². The molecule has 1 heterocycles. The summed E-state index contributed by atoms with van der Waals surface area (Å²) in [6, 6.07) is 0.559. The summed E-state index contributed by atoms with van der Waals surface area (Å²) in [4.78, 5) is 11.6. The van der Waals surface area contributed by atoms with Gasteiger partial charge >= 0.3 is 0 Å². The van der Waals surface area contributed by atoms with Crippen LogP contribution in [0.3, 0.4) is 0 Å². The van der Waals surface area contributed by atoms with Gasteiger partial charge in [-0.3, -0.25) is 4.79 Å². The van der Waals surface area contributed by atoms with Crippen molar-refractivity contribution in [2.24, 2.45) is 5.92 Å². The van der Waals surface area contributed by atoms with Crippen LogP contribution in [0.25, 0.3) is 0 Å². The zero-order chi connectivity index (χ0) is 12.1. The maximum Gasteiger partial charge on any atom is 0.246 e. The summed E-state index contributed by atoms with van der Waals surface area (Å²) in [6.45, 7) is 9.36. The van der Waals surface area contributed by atoms with Crippen LogP contribution in [0.2, 0.25) is 0 Å². The molecule has 94 valence electrons. The molecule has 2 N–H and O–H groups in total. The van der Waals surface area contributed by atoms with Gasteiger partial charge in [-0.25, -0.2) is 0 Å². The Morgan fingerprint density at radius 3 is 2.75 bits per heavy atom. The summed E-state index contributed by atoms with van der Waals surface area (Å²) in [5.74, 6) is 0.514. The molecule has 0 radical (unpaired) electrons. The third-order valence-electron chi connectivity index (χ3n) is 3.09. The fraction of sp³-hybridized carbons (Fsp3) is 0.917. The largest absolute Gasteiger partial charge is 0.369 e. The van der Waals surface area contributed by atoms with Crippen LogP contribution in [0.1, 0.15) is 34.1 Å². The first-order chi connectivity index (χ1) is 7.50. The van der Waals surface area contributed by atoms with E-state index in [0.29, 0.717) is 12.0 Å². The Balaban J connectivity index is 2.36. The van der Waals surface area contributed by atoms with Crippen LogP contribution >= 0.6 is 0 Å². The van der Waals surface area contributed by atoms with Crippen LogP contribution in [-0.2, 0) is 9.53 Å². The van der Waals surface area contributed by atoms with Crippen molar-refractivity contribution in [3.05, 3.63) is 0 Å². The lowest BCUT2D eigenvalue weighted by Crippen LogP contribution is -2.56. The third-order valence-corrected chi connectivity index (χ3v) is 3.09. The molecule has 0 aliphatic carbocycles. The molecule has 1 amide bonds. The lowest BCUT2D eigenvalue weighted by Gasteiger charge is -2.36. The van der Waals surface area contributed by atoms with Gasteiger partial charge in [0, 0.05) is 12.1 Å². The van der Waals surface area contributed by atoms with Gasteiger partial charge in [-0.15, -0.1) is 0 Å². The van der Waals surface area contributed by atoms with Gasteiger partial charge in [-0.2, -0.15) is 0 Å². The quantitative estimate of drug-likeness (QED) is 0.752. The Morgan fingerprint density at radius 1 is 1.50 bits per heavy atom. The number of amides is 1. The second-order valence-corrected chi connectivity index (χ2v) is 4.96. The Labute approximate surface area is 98.1 Å². The molecule has 16 heavy (non-hydrogen) atoms. The van der Waals surface area contributed by atoms with Gasteiger partial charge in [0.15, 0.2) is 0 Å². The van der Waals surface area contributed by atoms with Crippen molar-refractivity contribution in [2.75, 3.05) is 13.2 Å². The molecule has 0 aromatic heterocycles. The van der Waals surface area contributed by atoms with E-state index in [-0.39, 0.29) is 24.7 Å². The van der Waals surface area contributed by atoms with Crippen molar-refractivity contribution >= 4 is 5.91 Å². The minimum absolute atomic E-state index is 0.0129. The summed E-state index contributed by atoms with van der Waals surface area (Å²) in [6.07, 6.45) is 1.21. The third kappa shape index (κ3) is 4.10. The summed E-state index contributed by atoms with van der Waals surface area (Å²) in [5, 5.41) is 6.42. The fourth-order valence-corrected chi connectivity index (χ4v) is 2.08. The number of carbonyl (C=O) groups excluding carboxylic acids is 1. The first-order valence-electron chi connectivity index (χ1n) is 6.15. The van der Waals surface area contributed by atoms with Crippen molar-refractivity contribution < 1.29 is 9.53 Å². The highest BCUT2D eigenvalue weighted by molar-refractivity contribution is 5.77. The predicted molar refractivity (Wildman–Crippen MR) is 64.3 cm³/mol. The topological polar surface area (TPSA) is 50.4 Å². The molecule has 3 unspecified atom stereocenters. The van der Waals surface area contributed by atoms with Gasteiger partial charge < -0.3 is 15.4 Å². The first kappa shape index (κ1) is 13.5. The van der Waals surface area contributed by atoms with E-state index in [4.69, 9.17) is 4.74 Å². The molecule has 0 bridgehead atoms. The van der Waals surface area contributed by atoms with Gasteiger partial charge in [0.25, 0.3) is 0 Å². The van der Waals surface area contributed by atoms with Crippen LogP contribution in [-0.4, -0.2) is 37.2 Å². The average Bonchev–Trinajstić information content (AvgIpc) is 2.21. The molecule has 1 aliphatic heterocycles. The van der Waals surface area contributed by atoms with E-state index < -0.39 is 0 Å². The highest BCUT2D eigenvalue weighted by atomic mass is 16.5. The molecule has 1 saturated heterocycles. The Morgan fingerprint density at radius 2 is 2.19 bits per heavy atom. The van der Waals surface area contributed by atoms with Crippen LogP contribution in [0.5, 0.6) is 0 Å². The predicted octanol–water partition coefficient (Wildman–Crippen LogP) is 0.914. The van der Waals surface area contributed by atoms with E-state index >= 15 is 0 Å². The molecular formula is C12H24N2O2. The molecule has 1 aliphatic rings. The Bertz CT molecular complexity index is 221. The molecule has 0 saturated carbocycles.